The van der Waals surface area contributed by atoms with E-state index in [1.54, 1.807) is 0 Å². The van der Waals surface area contributed by atoms with Gasteiger partial charge in [-0.1, -0.05) is 6.07 Å². The lowest BCUT2D eigenvalue weighted by molar-refractivity contribution is -0.137. The number of rotatable bonds is 4. The largest absolute Gasteiger partial charge is 0.493 e. The van der Waals surface area contributed by atoms with Gasteiger partial charge in [-0.15, -0.1) is 0 Å². The van der Waals surface area contributed by atoms with Crippen LogP contribution in [0.15, 0.2) is 54.7 Å². The standard InChI is InChI=1S/C23H18F4N2O3/c1-31-21-12-15(6-8-28-21)29-22(30)18-4-2-13(23(25,26)27)10-19(18)16-7-9-32-20-11-14(24)3-5-17(16)20/h2-6,8,10-12,16H,7,9H2,1H3,(H,28,29,30). The highest BCUT2D eigenvalue weighted by atomic mass is 19.4. The van der Waals surface area contributed by atoms with E-state index in [-0.39, 0.29) is 29.4 Å². The van der Waals surface area contributed by atoms with Gasteiger partial charge in [0.2, 0.25) is 5.88 Å². The van der Waals surface area contributed by atoms with Crippen LogP contribution in [0.25, 0.3) is 0 Å². The van der Waals surface area contributed by atoms with Crippen LogP contribution in [0.4, 0.5) is 23.2 Å². The number of carbonyl (C=O) groups is 1. The number of nitrogens with zero attached hydrogens (tertiary/aromatic N) is 1. The molecule has 9 heteroatoms. The second-order valence-corrected chi connectivity index (χ2v) is 7.21. The Morgan fingerprint density at radius 2 is 1.94 bits per heavy atom. The molecule has 1 atom stereocenters. The van der Waals surface area contributed by atoms with E-state index in [0.717, 1.165) is 18.2 Å². The number of methoxy groups -OCH3 is 1. The molecule has 32 heavy (non-hydrogen) atoms. The van der Waals surface area contributed by atoms with Crippen molar-refractivity contribution in [3.8, 4) is 11.6 Å². The van der Waals surface area contributed by atoms with Crippen molar-refractivity contribution in [1.29, 1.82) is 0 Å². The zero-order valence-electron chi connectivity index (χ0n) is 16.9. The molecule has 1 amide bonds. The Bertz CT molecular complexity index is 1160. The maximum absolute atomic E-state index is 13.6. The summed E-state index contributed by atoms with van der Waals surface area (Å²) in [6.45, 7) is 0.181. The highest BCUT2D eigenvalue weighted by Gasteiger charge is 2.34. The van der Waals surface area contributed by atoms with Gasteiger partial charge in [0.15, 0.2) is 0 Å². The molecule has 4 rings (SSSR count). The van der Waals surface area contributed by atoms with Gasteiger partial charge in [0.05, 0.1) is 19.3 Å². The molecule has 0 spiro atoms. The van der Waals surface area contributed by atoms with Crippen LogP contribution < -0.4 is 14.8 Å². The minimum absolute atomic E-state index is 0.0796. The summed E-state index contributed by atoms with van der Waals surface area (Å²) < 4.78 is 64.5. The average molecular weight is 446 g/mol. The van der Waals surface area contributed by atoms with E-state index in [1.165, 1.54) is 43.6 Å². The number of anilines is 1. The molecule has 0 aliphatic carbocycles. The van der Waals surface area contributed by atoms with Gasteiger partial charge in [0.25, 0.3) is 5.91 Å². The van der Waals surface area contributed by atoms with Gasteiger partial charge in [-0.2, -0.15) is 13.2 Å². The lowest BCUT2D eigenvalue weighted by atomic mass is 9.83. The molecule has 2 aromatic carbocycles. The molecule has 1 aliphatic rings. The van der Waals surface area contributed by atoms with Crippen molar-refractivity contribution in [3.63, 3.8) is 0 Å². The summed E-state index contributed by atoms with van der Waals surface area (Å²) in [6, 6.07) is 9.93. The SMILES string of the molecule is COc1cc(NC(=O)c2ccc(C(F)(F)F)cc2C2CCOc3cc(F)ccc32)ccn1. The van der Waals surface area contributed by atoms with E-state index >= 15 is 0 Å². The van der Waals surface area contributed by atoms with E-state index in [1.807, 2.05) is 0 Å². The number of alkyl halides is 3. The number of fused-ring (bicyclic) bond motifs is 1. The number of aromatic nitrogens is 1. The monoisotopic (exact) mass is 446 g/mol. The van der Waals surface area contributed by atoms with Crippen LogP contribution in [0.3, 0.4) is 0 Å². The number of hydrogen-bond acceptors (Lipinski definition) is 4. The maximum atomic E-state index is 13.6. The molecule has 0 radical (unpaired) electrons. The zero-order chi connectivity index (χ0) is 22.9. The Kier molecular flexibility index (Phi) is 5.73. The Morgan fingerprint density at radius 3 is 2.69 bits per heavy atom. The summed E-state index contributed by atoms with van der Waals surface area (Å²) >= 11 is 0. The van der Waals surface area contributed by atoms with Crippen molar-refractivity contribution in [2.75, 3.05) is 19.0 Å². The van der Waals surface area contributed by atoms with Crippen molar-refractivity contribution < 1.29 is 31.8 Å². The second kappa shape index (κ2) is 8.49. The third-order valence-corrected chi connectivity index (χ3v) is 5.22. The molecule has 0 bridgehead atoms. The number of ether oxygens (including phenoxy) is 2. The highest BCUT2D eigenvalue weighted by molar-refractivity contribution is 6.05. The molecule has 0 saturated carbocycles. The van der Waals surface area contributed by atoms with Crippen LogP contribution in [0.1, 0.15) is 39.4 Å². The van der Waals surface area contributed by atoms with Crippen molar-refractivity contribution >= 4 is 11.6 Å². The number of nitrogens with one attached hydrogen (secondary N) is 1. The molecule has 1 aliphatic heterocycles. The van der Waals surface area contributed by atoms with Gasteiger partial charge in [-0.05, 0) is 42.3 Å². The molecule has 1 N–H and O–H groups in total. The fourth-order valence-electron chi connectivity index (χ4n) is 3.72. The molecule has 3 aromatic rings. The first-order valence-electron chi connectivity index (χ1n) is 9.71. The van der Waals surface area contributed by atoms with E-state index in [2.05, 4.69) is 10.3 Å². The normalized spacial score (nSPS) is 15.5. The van der Waals surface area contributed by atoms with E-state index in [9.17, 15) is 22.4 Å². The Labute approximate surface area is 181 Å². The molecule has 0 fully saturated rings. The van der Waals surface area contributed by atoms with Crippen LogP contribution in [0.5, 0.6) is 11.6 Å². The van der Waals surface area contributed by atoms with Gasteiger partial charge >= 0.3 is 6.18 Å². The number of carbonyl (C=O) groups excluding carboxylic acids is 1. The van der Waals surface area contributed by atoms with Gasteiger partial charge in [0, 0.05) is 41.1 Å². The zero-order valence-corrected chi connectivity index (χ0v) is 16.9. The summed E-state index contributed by atoms with van der Waals surface area (Å²) in [5.41, 5.74) is 0.300. The van der Waals surface area contributed by atoms with Crippen molar-refractivity contribution in [1.82, 2.24) is 4.98 Å². The molecule has 0 saturated heterocycles. The van der Waals surface area contributed by atoms with Crippen molar-refractivity contribution in [2.24, 2.45) is 0 Å². The van der Waals surface area contributed by atoms with Gasteiger partial charge < -0.3 is 14.8 Å². The van der Waals surface area contributed by atoms with Gasteiger partial charge in [-0.3, -0.25) is 4.79 Å². The fourth-order valence-corrected chi connectivity index (χ4v) is 3.72. The molecule has 166 valence electrons. The number of benzene rings is 2. The fraction of sp³-hybridized carbons (Fsp3) is 0.217. The van der Waals surface area contributed by atoms with Gasteiger partial charge in [-0.25, -0.2) is 9.37 Å². The highest BCUT2D eigenvalue weighted by Crippen LogP contribution is 2.42. The predicted molar refractivity (Wildman–Crippen MR) is 109 cm³/mol. The lowest BCUT2D eigenvalue weighted by Crippen LogP contribution is -2.21. The first-order valence-corrected chi connectivity index (χ1v) is 9.71. The first-order chi connectivity index (χ1) is 15.3. The molecule has 2 heterocycles. The summed E-state index contributed by atoms with van der Waals surface area (Å²) in [7, 11) is 1.42. The number of amides is 1. The van der Waals surface area contributed by atoms with Crippen LogP contribution in [-0.4, -0.2) is 24.6 Å². The van der Waals surface area contributed by atoms with Crippen LogP contribution >= 0.6 is 0 Å². The van der Waals surface area contributed by atoms with Crippen molar-refractivity contribution in [2.45, 2.75) is 18.5 Å². The lowest BCUT2D eigenvalue weighted by Gasteiger charge is -2.28. The summed E-state index contributed by atoms with van der Waals surface area (Å²) in [5.74, 6) is -1.15. The Hall–Kier alpha value is -3.62. The third kappa shape index (κ3) is 4.37. The minimum atomic E-state index is -4.58. The Morgan fingerprint density at radius 1 is 1.12 bits per heavy atom. The summed E-state index contributed by atoms with van der Waals surface area (Å²) in [5, 5.41) is 2.67. The van der Waals surface area contributed by atoms with E-state index < -0.39 is 29.4 Å². The van der Waals surface area contributed by atoms with Crippen molar-refractivity contribution in [3.05, 3.63) is 82.8 Å². The van der Waals surface area contributed by atoms with Crippen LogP contribution in [0.2, 0.25) is 0 Å². The van der Waals surface area contributed by atoms with E-state index in [0.29, 0.717) is 17.7 Å². The van der Waals surface area contributed by atoms with Gasteiger partial charge in [0.1, 0.15) is 11.6 Å². The molecular weight excluding hydrogens is 428 g/mol. The maximum Gasteiger partial charge on any atom is 0.416 e. The minimum Gasteiger partial charge on any atom is -0.493 e. The third-order valence-electron chi connectivity index (χ3n) is 5.22. The predicted octanol–water partition coefficient (Wildman–Crippen LogP) is 5.41. The second-order valence-electron chi connectivity index (χ2n) is 7.21. The Balaban J connectivity index is 1.78. The molecule has 1 aromatic heterocycles. The quantitative estimate of drug-likeness (QED) is 0.544. The first kappa shape index (κ1) is 21.6. The number of halogens is 4. The molecular formula is C23H18F4N2O3. The summed E-state index contributed by atoms with van der Waals surface area (Å²) in [4.78, 5) is 17.0. The van der Waals surface area contributed by atoms with Crippen LogP contribution in [0, 0.1) is 5.82 Å². The van der Waals surface area contributed by atoms with Crippen LogP contribution in [-0.2, 0) is 6.18 Å². The molecule has 5 nitrogen and oxygen atoms in total. The summed E-state index contributed by atoms with van der Waals surface area (Å²) in [6.07, 6.45) is -2.81. The molecule has 1 unspecified atom stereocenters. The average Bonchev–Trinajstić information content (AvgIpc) is 2.77. The number of hydrogen-bond donors (Lipinski definition) is 1. The topological polar surface area (TPSA) is 60.5 Å². The van der Waals surface area contributed by atoms with E-state index in [4.69, 9.17) is 9.47 Å². The number of pyridine rings is 1. The smallest absolute Gasteiger partial charge is 0.416 e.